The number of hydrogen-bond donors (Lipinski definition) is 1. The molecule has 3 heteroatoms. The summed E-state index contributed by atoms with van der Waals surface area (Å²) in [6.45, 7) is 0. The van der Waals surface area contributed by atoms with E-state index in [1.807, 2.05) is 6.01 Å². The van der Waals surface area contributed by atoms with Gasteiger partial charge in [0.15, 0.2) is 0 Å². The molecular formula is C11H15N3. The lowest BCUT2D eigenvalue weighted by atomic mass is 9.55. The molecule has 0 atom stereocenters. The van der Waals surface area contributed by atoms with Crippen LogP contribution in [0.4, 0.5) is 0 Å². The van der Waals surface area contributed by atoms with E-state index in [0.717, 1.165) is 11.8 Å². The average molecular weight is 189 g/mol. The second-order valence-electron chi connectivity index (χ2n) is 5.04. The van der Waals surface area contributed by atoms with Gasteiger partial charge in [0.25, 0.3) is 0 Å². The summed E-state index contributed by atoms with van der Waals surface area (Å²) in [5, 5.41) is 14.6. The van der Waals surface area contributed by atoms with E-state index in [0.29, 0.717) is 11.8 Å². The summed E-state index contributed by atoms with van der Waals surface area (Å²) in [7, 11) is 0. The molecule has 0 aromatic rings. The number of rotatable bonds is 1. The predicted molar refractivity (Wildman–Crippen MR) is 54.6 cm³/mol. The third-order valence-electron chi connectivity index (χ3n) is 4.19. The van der Waals surface area contributed by atoms with Gasteiger partial charge in [-0.2, -0.15) is 0 Å². The number of nitrogens with zero attached hydrogens (tertiary/aromatic N) is 2. The maximum atomic E-state index is 6.75. The fourth-order valence-corrected chi connectivity index (χ4v) is 3.91. The van der Waals surface area contributed by atoms with Gasteiger partial charge in [0, 0.05) is 5.71 Å². The van der Waals surface area contributed by atoms with Crippen molar-refractivity contribution < 1.29 is 0 Å². The van der Waals surface area contributed by atoms with Gasteiger partial charge >= 0.3 is 0 Å². The van der Waals surface area contributed by atoms with Crippen molar-refractivity contribution in [1.29, 1.82) is 5.41 Å². The summed E-state index contributed by atoms with van der Waals surface area (Å²) in [6, 6.07) is 2.01. The molecule has 1 N–H and O–H groups in total. The molecule has 0 heterocycles. The minimum absolute atomic E-state index is 0.698. The molecular weight excluding hydrogens is 174 g/mol. The summed E-state index contributed by atoms with van der Waals surface area (Å²) in [6.07, 6.45) is 6.80. The Morgan fingerprint density at radius 2 is 1.57 bits per heavy atom. The van der Waals surface area contributed by atoms with Gasteiger partial charge in [0.2, 0.25) is 0 Å². The summed E-state index contributed by atoms with van der Waals surface area (Å²) in [5.41, 5.74) is 1.29. The van der Waals surface area contributed by atoms with E-state index in [-0.39, 0.29) is 0 Å². The molecule has 0 aliphatic heterocycles. The zero-order valence-corrected chi connectivity index (χ0v) is 8.24. The first kappa shape index (κ1) is 8.37. The van der Waals surface area contributed by atoms with Crippen LogP contribution >= 0.6 is 0 Å². The largest absolute Gasteiger partial charge is 0.240 e. The van der Waals surface area contributed by atoms with Crippen LogP contribution in [0, 0.1) is 29.1 Å². The molecule has 74 valence electrons. The van der Waals surface area contributed by atoms with E-state index in [2.05, 4.69) is 10.2 Å². The molecule has 0 spiro atoms. The van der Waals surface area contributed by atoms with E-state index in [4.69, 9.17) is 5.41 Å². The van der Waals surface area contributed by atoms with Crippen LogP contribution in [0.15, 0.2) is 10.2 Å². The van der Waals surface area contributed by atoms with Crippen molar-refractivity contribution in [1.82, 2.24) is 0 Å². The lowest BCUT2D eigenvalue weighted by Gasteiger charge is -2.50. The van der Waals surface area contributed by atoms with Crippen molar-refractivity contribution in [2.45, 2.75) is 32.1 Å². The maximum absolute atomic E-state index is 6.75. The molecule has 4 saturated carbocycles. The molecule has 4 rings (SSSR count). The standard InChI is InChI=1S/C11H15N3/c12-6-13-14-11-9-2-7-1-8(4-9)5-10(11)3-7/h7-10,12H,1-5H2. The molecule has 0 aromatic heterocycles. The van der Waals surface area contributed by atoms with Crippen LogP contribution in [0.5, 0.6) is 0 Å². The molecule has 14 heavy (non-hydrogen) atoms. The Bertz CT molecular complexity index is 295. The summed E-state index contributed by atoms with van der Waals surface area (Å²) in [4.78, 5) is 0. The van der Waals surface area contributed by atoms with Gasteiger partial charge < -0.3 is 0 Å². The zero-order valence-electron chi connectivity index (χ0n) is 8.24. The van der Waals surface area contributed by atoms with Crippen LogP contribution in [0.3, 0.4) is 0 Å². The molecule has 0 radical (unpaired) electrons. The first-order valence-electron chi connectivity index (χ1n) is 5.56. The maximum Gasteiger partial charge on any atom is 0.114 e. The van der Waals surface area contributed by atoms with Crippen molar-refractivity contribution in [3.63, 3.8) is 0 Å². The Labute approximate surface area is 83.8 Å². The van der Waals surface area contributed by atoms with E-state index in [9.17, 15) is 0 Å². The molecule has 4 aliphatic carbocycles. The monoisotopic (exact) mass is 189 g/mol. The van der Waals surface area contributed by atoms with Gasteiger partial charge in [-0.1, -0.05) is 5.10 Å². The summed E-state index contributed by atoms with van der Waals surface area (Å²) >= 11 is 0. The SMILES string of the molecule is N=C=NN=C1C2CC3CC(C2)CC1C3. The fourth-order valence-electron chi connectivity index (χ4n) is 3.91. The molecule has 0 aromatic carbocycles. The summed E-state index contributed by atoms with van der Waals surface area (Å²) in [5.74, 6) is 3.34. The molecule has 3 nitrogen and oxygen atoms in total. The number of hydrogen-bond acceptors (Lipinski definition) is 3. The minimum Gasteiger partial charge on any atom is -0.240 e. The highest BCUT2D eigenvalue weighted by Gasteiger charge is 2.46. The van der Waals surface area contributed by atoms with Gasteiger partial charge in [-0.25, -0.2) is 5.41 Å². The minimum atomic E-state index is 0.698. The Morgan fingerprint density at radius 3 is 2.07 bits per heavy atom. The lowest BCUT2D eigenvalue weighted by Crippen LogP contribution is -2.45. The molecule has 4 aliphatic rings. The van der Waals surface area contributed by atoms with E-state index >= 15 is 0 Å². The van der Waals surface area contributed by atoms with Gasteiger partial charge in [-0.05, 0) is 55.8 Å². The van der Waals surface area contributed by atoms with Crippen LogP contribution in [-0.4, -0.2) is 11.7 Å². The smallest absolute Gasteiger partial charge is 0.114 e. The van der Waals surface area contributed by atoms with Crippen molar-refractivity contribution in [2.75, 3.05) is 0 Å². The van der Waals surface area contributed by atoms with Gasteiger partial charge in [0.05, 0.1) is 0 Å². The van der Waals surface area contributed by atoms with Crippen molar-refractivity contribution in [3.05, 3.63) is 0 Å². The van der Waals surface area contributed by atoms with Gasteiger partial charge in [0.1, 0.15) is 6.01 Å². The first-order valence-corrected chi connectivity index (χ1v) is 5.56. The van der Waals surface area contributed by atoms with E-state index in [1.54, 1.807) is 0 Å². The van der Waals surface area contributed by atoms with E-state index in [1.165, 1.54) is 37.8 Å². The highest BCUT2D eigenvalue weighted by molar-refractivity contribution is 5.90. The first-order chi connectivity index (χ1) is 6.86. The second kappa shape index (κ2) is 3.03. The fraction of sp³-hybridized carbons (Fsp3) is 0.818. The van der Waals surface area contributed by atoms with Gasteiger partial charge in [-0.15, -0.1) is 5.10 Å². The molecule has 4 bridgehead atoms. The zero-order chi connectivity index (χ0) is 9.54. The number of nitrogens with one attached hydrogen (secondary N) is 1. The van der Waals surface area contributed by atoms with Crippen molar-refractivity contribution >= 4 is 11.7 Å². The Morgan fingerprint density at radius 1 is 1.00 bits per heavy atom. The Kier molecular flexibility index (Phi) is 1.81. The Balaban J connectivity index is 1.91. The van der Waals surface area contributed by atoms with E-state index < -0.39 is 0 Å². The van der Waals surface area contributed by atoms with Gasteiger partial charge in [-0.3, -0.25) is 0 Å². The molecule has 4 fully saturated rings. The van der Waals surface area contributed by atoms with Crippen molar-refractivity contribution in [2.24, 2.45) is 33.9 Å². The quantitative estimate of drug-likeness (QED) is 0.487. The topological polar surface area (TPSA) is 48.6 Å². The predicted octanol–water partition coefficient (Wildman–Crippen LogP) is 2.55. The van der Waals surface area contributed by atoms with Crippen LogP contribution in [0.1, 0.15) is 32.1 Å². The lowest BCUT2D eigenvalue weighted by molar-refractivity contribution is 0.108. The van der Waals surface area contributed by atoms with Crippen LogP contribution in [-0.2, 0) is 0 Å². The highest BCUT2D eigenvalue weighted by Crippen LogP contribution is 2.52. The molecule has 0 unspecified atom stereocenters. The van der Waals surface area contributed by atoms with Crippen LogP contribution < -0.4 is 0 Å². The third kappa shape index (κ3) is 1.16. The average Bonchev–Trinajstić information content (AvgIpc) is 2.15. The van der Waals surface area contributed by atoms with Crippen LogP contribution in [0.2, 0.25) is 0 Å². The van der Waals surface area contributed by atoms with Crippen LogP contribution in [0.25, 0.3) is 0 Å². The normalized spacial score (nSPS) is 43.6. The highest BCUT2D eigenvalue weighted by atomic mass is 15.2. The Hall–Kier alpha value is -0.950. The summed E-state index contributed by atoms with van der Waals surface area (Å²) < 4.78 is 0. The third-order valence-corrected chi connectivity index (χ3v) is 4.19. The molecule has 0 amide bonds. The second-order valence-corrected chi connectivity index (χ2v) is 5.04. The molecule has 0 saturated heterocycles. The van der Waals surface area contributed by atoms with Crippen molar-refractivity contribution in [3.8, 4) is 0 Å².